The smallest absolute Gasteiger partial charge is 0.303 e. The Hall–Kier alpha value is -3.45. The number of methoxy groups -OCH3 is 1. The predicted octanol–water partition coefficient (Wildman–Crippen LogP) is 3.80. The molecule has 256 valence electrons. The summed E-state index contributed by atoms with van der Waals surface area (Å²) in [5, 5.41) is 1.08. The quantitative estimate of drug-likeness (QED) is 0.424. The van der Waals surface area contributed by atoms with Crippen molar-refractivity contribution >= 4 is 32.9 Å². The molecule has 4 fully saturated rings. The minimum Gasteiger partial charge on any atom is -0.497 e. The van der Waals surface area contributed by atoms with Gasteiger partial charge in [0.05, 0.1) is 30.4 Å². The molecule has 12 heteroatoms. The van der Waals surface area contributed by atoms with Crippen LogP contribution in [-0.2, 0) is 21.5 Å². The number of aromatic nitrogens is 1. The molecule has 1 N–H and O–H groups in total. The number of benzene rings is 2. The van der Waals surface area contributed by atoms with Gasteiger partial charge in [-0.25, -0.2) is 4.72 Å². The normalized spacial score (nSPS) is 27.4. The van der Waals surface area contributed by atoms with Gasteiger partial charge in [-0.15, -0.1) is 0 Å². The topological polar surface area (TPSA) is 107 Å². The van der Waals surface area contributed by atoms with E-state index in [9.17, 15) is 13.2 Å². The summed E-state index contributed by atoms with van der Waals surface area (Å²) in [5.74, 6) is 0.723. The van der Waals surface area contributed by atoms with Crippen molar-refractivity contribution in [3.8, 4) is 17.0 Å². The second kappa shape index (κ2) is 11.3. The van der Waals surface area contributed by atoms with Gasteiger partial charge < -0.3 is 19.1 Å². The highest BCUT2D eigenvalue weighted by molar-refractivity contribution is 7.87. The minimum atomic E-state index is -3.97. The number of nitrogens with one attached hydrogen (secondary N) is 1. The molecule has 2 aliphatic carbocycles. The van der Waals surface area contributed by atoms with Gasteiger partial charge in [-0.1, -0.05) is 25.3 Å². The Labute approximate surface area is 283 Å². The van der Waals surface area contributed by atoms with Crippen LogP contribution in [0.5, 0.6) is 5.75 Å². The first-order valence-electron chi connectivity index (χ1n) is 17.2. The fourth-order valence-corrected chi connectivity index (χ4v) is 9.87. The lowest BCUT2D eigenvalue weighted by Crippen LogP contribution is -2.58. The highest BCUT2D eigenvalue weighted by Crippen LogP contribution is 2.66. The van der Waals surface area contributed by atoms with Crippen molar-refractivity contribution in [3.63, 3.8) is 0 Å². The molecule has 0 spiro atoms. The van der Waals surface area contributed by atoms with Crippen molar-refractivity contribution in [2.24, 2.45) is 5.41 Å². The summed E-state index contributed by atoms with van der Waals surface area (Å²) in [5.41, 5.74) is 5.22. The summed E-state index contributed by atoms with van der Waals surface area (Å²) in [6.07, 6.45) is 6.53. The van der Waals surface area contributed by atoms with Crippen LogP contribution in [0, 0.1) is 5.41 Å². The van der Waals surface area contributed by atoms with Gasteiger partial charge in [0.25, 0.3) is 5.91 Å². The molecule has 11 nitrogen and oxygen atoms in total. The zero-order chi connectivity index (χ0) is 33.7. The van der Waals surface area contributed by atoms with E-state index in [0.717, 1.165) is 76.7 Å². The van der Waals surface area contributed by atoms with E-state index in [1.807, 2.05) is 18.2 Å². The van der Waals surface area contributed by atoms with Crippen molar-refractivity contribution in [1.29, 1.82) is 0 Å². The molecule has 2 saturated heterocycles. The molecule has 2 aromatic carbocycles. The van der Waals surface area contributed by atoms with Crippen molar-refractivity contribution in [3.05, 3.63) is 53.1 Å². The number of nitrogens with zero attached hydrogens (tertiary/aromatic N) is 5. The molecule has 8 rings (SSSR count). The Morgan fingerprint density at radius 3 is 2.48 bits per heavy atom. The minimum absolute atomic E-state index is 0.0394. The number of carbonyl (C=O) groups excluding carboxylic acids is 2. The molecule has 5 aliphatic rings. The fraction of sp³-hybridized carbons (Fsp3) is 0.556. The van der Waals surface area contributed by atoms with Gasteiger partial charge in [0.2, 0.25) is 5.91 Å². The third-order valence-electron chi connectivity index (χ3n) is 11.9. The Balaban J connectivity index is 1.32. The van der Waals surface area contributed by atoms with Crippen LogP contribution in [0.25, 0.3) is 22.2 Å². The molecular weight excluding hydrogens is 629 g/mol. The highest BCUT2D eigenvalue weighted by atomic mass is 32.2. The predicted molar refractivity (Wildman–Crippen MR) is 184 cm³/mol. The van der Waals surface area contributed by atoms with Crippen LogP contribution in [0.15, 0.2) is 36.4 Å². The van der Waals surface area contributed by atoms with Gasteiger partial charge in [-0.05, 0) is 80.7 Å². The molecule has 3 aromatic rings. The van der Waals surface area contributed by atoms with Crippen LogP contribution in [0.4, 0.5) is 0 Å². The van der Waals surface area contributed by atoms with Crippen LogP contribution in [0.1, 0.15) is 71.8 Å². The second-order valence-electron chi connectivity index (χ2n) is 15.0. The Morgan fingerprint density at radius 1 is 1.00 bits per heavy atom. The summed E-state index contributed by atoms with van der Waals surface area (Å²) in [6, 6.07) is 12.0. The van der Waals surface area contributed by atoms with Crippen molar-refractivity contribution in [2.45, 2.75) is 69.1 Å². The van der Waals surface area contributed by atoms with E-state index in [1.54, 1.807) is 13.2 Å². The lowest BCUT2D eigenvalue weighted by atomic mass is 9.81. The summed E-state index contributed by atoms with van der Waals surface area (Å²) >= 11 is 0. The average molecular weight is 675 g/mol. The molecule has 2 bridgehead atoms. The first-order chi connectivity index (χ1) is 22.9. The molecule has 4 heterocycles. The maximum Gasteiger partial charge on any atom is 0.303 e. The van der Waals surface area contributed by atoms with Crippen LogP contribution in [0.3, 0.4) is 0 Å². The number of ether oxygens (including phenoxy) is 1. The number of piperazine rings is 1. The third-order valence-corrected chi connectivity index (χ3v) is 13.3. The Bertz CT molecular complexity index is 1930. The summed E-state index contributed by atoms with van der Waals surface area (Å²) < 4.78 is 36.5. The van der Waals surface area contributed by atoms with E-state index in [4.69, 9.17) is 4.74 Å². The second-order valence-corrected chi connectivity index (χ2v) is 16.9. The lowest BCUT2D eigenvalue weighted by molar-refractivity contribution is -0.145. The lowest BCUT2D eigenvalue weighted by Gasteiger charge is -2.41. The Morgan fingerprint density at radius 2 is 1.77 bits per heavy atom. The van der Waals surface area contributed by atoms with Crippen molar-refractivity contribution in [1.82, 2.24) is 28.3 Å². The molecule has 2 saturated carbocycles. The fourth-order valence-electron chi connectivity index (χ4n) is 9.33. The van der Waals surface area contributed by atoms with Crippen molar-refractivity contribution in [2.75, 3.05) is 54.9 Å². The number of likely N-dealkylation sites (N-methyl/N-ethyl adjacent to an activating group) is 2. The maximum atomic E-state index is 15.1. The molecule has 4 unspecified atom stereocenters. The maximum absolute atomic E-state index is 15.1. The molecule has 3 aliphatic heterocycles. The molecule has 0 radical (unpaired) electrons. The summed E-state index contributed by atoms with van der Waals surface area (Å²) in [7, 11) is 4.75. The van der Waals surface area contributed by atoms with Gasteiger partial charge in [-0.2, -0.15) is 12.7 Å². The Kier molecular flexibility index (Phi) is 7.48. The largest absolute Gasteiger partial charge is 0.497 e. The van der Waals surface area contributed by atoms with Gasteiger partial charge >= 0.3 is 10.2 Å². The molecule has 1 aromatic heterocycles. The van der Waals surface area contributed by atoms with Crippen LogP contribution in [0.2, 0.25) is 0 Å². The first kappa shape index (κ1) is 31.8. The standard InChI is InChI=1S/C36H46N6O5S/c1-38(2)48(45,46)37-34(43)23-11-13-27-30(15-23)41-21-36(35(44)42-24-18-39(3)20-31(42)40(4)19-24)17-29(36)28-16-25(47-5)12-14-26(28)33(41)32(27)22-9-7-6-8-10-22/h11-16,22,24,29,31H,6-10,17-21H2,1-5H3,(H,37,43). The van der Waals surface area contributed by atoms with Crippen LogP contribution in [-0.4, -0.2) is 111 Å². The van der Waals surface area contributed by atoms with Crippen LogP contribution >= 0.6 is 0 Å². The van der Waals surface area contributed by atoms with E-state index in [0.29, 0.717) is 12.5 Å². The third kappa shape index (κ3) is 4.81. The zero-order valence-electron chi connectivity index (χ0n) is 28.5. The van der Waals surface area contributed by atoms with Gasteiger partial charge in [0.1, 0.15) is 5.75 Å². The van der Waals surface area contributed by atoms with E-state index < -0.39 is 21.5 Å². The monoisotopic (exact) mass is 674 g/mol. The summed E-state index contributed by atoms with van der Waals surface area (Å²) in [4.78, 5) is 35.3. The number of rotatable bonds is 6. The van der Waals surface area contributed by atoms with Gasteiger partial charge in [0.15, 0.2) is 0 Å². The van der Waals surface area contributed by atoms with Gasteiger partial charge in [0, 0.05) is 68.2 Å². The van der Waals surface area contributed by atoms with Crippen LogP contribution < -0.4 is 9.46 Å². The van der Waals surface area contributed by atoms with E-state index in [1.165, 1.54) is 38.9 Å². The average Bonchev–Trinajstić information content (AvgIpc) is 3.68. The molecule has 4 atom stereocenters. The number of carbonyl (C=O) groups is 2. The molecular formula is C36H46N6O5S. The first-order valence-corrected chi connectivity index (χ1v) is 18.7. The zero-order valence-corrected chi connectivity index (χ0v) is 29.3. The number of amides is 2. The van der Waals surface area contributed by atoms with E-state index in [-0.39, 0.29) is 29.6 Å². The van der Waals surface area contributed by atoms with Crippen molar-refractivity contribution < 1.29 is 22.7 Å². The number of fused-ring (bicyclic) bond motifs is 9. The van der Waals surface area contributed by atoms with E-state index in [2.05, 4.69) is 50.2 Å². The molecule has 2 amide bonds. The number of hydrogen-bond acceptors (Lipinski definition) is 7. The molecule has 48 heavy (non-hydrogen) atoms. The van der Waals surface area contributed by atoms with E-state index >= 15 is 4.79 Å². The highest BCUT2D eigenvalue weighted by Gasteiger charge is 2.66. The summed E-state index contributed by atoms with van der Waals surface area (Å²) in [6.45, 7) is 3.05. The van der Waals surface area contributed by atoms with Gasteiger partial charge in [-0.3, -0.25) is 14.5 Å². The number of hydrogen-bond donors (Lipinski definition) is 1. The SMILES string of the molecule is COc1ccc2c(c1)C1CC1(C(=O)N1C3CN(C)CC1N(C)C3)Cn1c-2c(C2CCCCC2)c2ccc(C(=O)NS(=O)(=O)N(C)C)cc21.